The van der Waals surface area contributed by atoms with Crippen LogP contribution in [0.3, 0.4) is 0 Å². The van der Waals surface area contributed by atoms with E-state index in [2.05, 4.69) is 0 Å². The Labute approximate surface area is 187 Å². The van der Waals surface area contributed by atoms with Crippen LogP contribution in [0.15, 0.2) is 65.6 Å². The van der Waals surface area contributed by atoms with Crippen LogP contribution in [-0.4, -0.2) is 20.0 Å². The molecule has 0 spiro atoms. The summed E-state index contributed by atoms with van der Waals surface area (Å²) < 4.78 is 10.8. The third-order valence-electron chi connectivity index (χ3n) is 5.07. The molecule has 0 aliphatic heterocycles. The Hall–Kier alpha value is -2.43. The minimum atomic E-state index is -0.0607. The second-order valence-corrected chi connectivity index (χ2v) is 8.81. The lowest BCUT2D eigenvalue weighted by molar-refractivity contribution is 0.0982. The summed E-state index contributed by atoms with van der Waals surface area (Å²) in [4.78, 5) is 14.1. The van der Waals surface area contributed by atoms with Gasteiger partial charge < -0.3 is 9.47 Å². The van der Waals surface area contributed by atoms with Crippen molar-refractivity contribution in [2.75, 3.05) is 14.2 Å². The fourth-order valence-electron chi connectivity index (χ4n) is 3.16. The minimum absolute atomic E-state index is 0.0607. The first kappa shape index (κ1) is 22.3. The maximum atomic E-state index is 13.1. The molecule has 0 aliphatic carbocycles. The molecule has 0 bridgehead atoms. The molecule has 0 fully saturated rings. The first-order valence-electron chi connectivity index (χ1n) is 9.66. The first-order chi connectivity index (χ1) is 14.4. The van der Waals surface area contributed by atoms with Gasteiger partial charge in [0.15, 0.2) is 17.3 Å². The largest absolute Gasteiger partial charge is 0.493 e. The van der Waals surface area contributed by atoms with E-state index in [1.165, 1.54) is 5.56 Å². The number of methoxy groups -OCH3 is 2. The average molecular weight is 441 g/mol. The number of carbonyl (C=O) groups excluding carboxylic acids is 1. The average Bonchev–Trinajstić information content (AvgIpc) is 2.75. The summed E-state index contributed by atoms with van der Waals surface area (Å²) in [5, 5.41) is 0.614. The summed E-state index contributed by atoms with van der Waals surface area (Å²) in [6.45, 7) is 4.08. The monoisotopic (exact) mass is 440 g/mol. The summed E-state index contributed by atoms with van der Waals surface area (Å²) in [5.41, 5.74) is 4.10. The van der Waals surface area contributed by atoms with Gasteiger partial charge in [0.1, 0.15) is 0 Å². The highest BCUT2D eigenvalue weighted by Crippen LogP contribution is 2.41. The zero-order valence-corrected chi connectivity index (χ0v) is 19.1. The fourth-order valence-corrected chi connectivity index (χ4v) is 4.46. The number of thioether (sulfide) groups is 1. The number of Topliss-reactive ketones (excluding diaryl/α,β-unsaturated/α-hetero) is 1. The minimum Gasteiger partial charge on any atom is -0.493 e. The molecule has 1 unspecified atom stereocenters. The van der Waals surface area contributed by atoms with Crippen LogP contribution >= 0.6 is 23.4 Å². The normalized spacial score (nSPS) is 11.8. The van der Waals surface area contributed by atoms with E-state index in [1.54, 1.807) is 26.0 Å². The van der Waals surface area contributed by atoms with Crippen LogP contribution in [0, 0.1) is 13.8 Å². The van der Waals surface area contributed by atoms with Gasteiger partial charge in [-0.2, -0.15) is 0 Å². The summed E-state index contributed by atoms with van der Waals surface area (Å²) in [5.74, 6) is 1.46. The fraction of sp³-hybridized carbons (Fsp3) is 0.240. The molecule has 0 radical (unpaired) electrons. The van der Waals surface area contributed by atoms with Gasteiger partial charge in [-0.25, -0.2) is 0 Å². The molecule has 3 aromatic rings. The van der Waals surface area contributed by atoms with Crippen molar-refractivity contribution in [2.45, 2.75) is 30.4 Å². The number of aryl methyl sites for hydroxylation is 2. The van der Waals surface area contributed by atoms with Gasteiger partial charge in [0, 0.05) is 27.2 Å². The van der Waals surface area contributed by atoms with E-state index in [-0.39, 0.29) is 11.0 Å². The standard InChI is InChI=1S/C25H25ClO3S/c1-16-5-6-19(13-17(16)2)22(27)15-25(18-7-9-20(26)10-8-18)30-21-11-12-23(28-3)24(14-21)29-4/h5-14,25H,15H2,1-4H3. The molecule has 156 valence electrons. The van der Waals surface area contributed by atoms with Gasteiger partial charge >= 0.3 is 0 Å². The Morgan fingerprint density at radius 3 is 2.23 bits per heavy atom. The van der Waals surface area contributed by atoms with E-state index >= 15 is 0 Å². The van der Waals surface area contributed by atoms with Crippen LogP contribution in [0.1, 0.15) is 38.7 Å². The highest BCUT2D eigenvalue weighted by molar-refractivity contribution is 7.99. The van der Waals surface area contributed by atoms with Crippen LogP contribution < -0.4 is 9.47 Å². The molecular formula is C25H25ClO3S. The Morgan fingerprint density at radius 2 is 1.60 bits per heavy atom. The van der Waals surface area contributed by atoms with E-state index in [9.17, 15) is 4.79 Å². The zero-order chi connectivity index (χ0) is 21.7. The van der Waals surface area contributed by atoms with Crippen molar-refractivity contribution in [1.82, 2.24) is 0 Å². The molecule has 0 aromatic heterocycles. The summed E-state index contributed by atoms with van der Waals surface area (Å²) in [6, 6.07) is 19.4. The molecule has 0 heterocycles. The van der Waals surface area contributed by atoms with Crippen molar-refractivity contribution < 1.29 is 14.3 Å². The molecule has 0 saturated heterocycles. The summed E-state index contributed by atoms with van der Waals surface area (Å²) in [7, 11) is 3.23. The van der Waals surface area contributed by atoms with E-state index in [4.69, 9.17) is 21.1 Å². The lowest BCUT2D eigenvalue weighted by Gasteiger charge is -2.18. The van der Waals surface area contributed by atoms with Crippen molar-refractivity contribution in [3.63, 3.8) is 0 Å². The molecule has 5 heteroatoms. The zero-order valence-electron chi connectivity index (χ0n) is 17.6. The maximum absolute atomic E-state index is 13.1. The number of hydrogen-bond acceptors (Lipinski definition) is 4. The molecule has 0 N–H and O–H groups in total. The summed E-state index contributed by atoms with van der Waals surface area (Å²) >= 11 is 7.71. The number of ether oxygens (including phenoxy) is 2. The quantitative estimate of drug-likeness (QED) is 0.277. The highest BCUT2D eigenvalue weighted by atomic mass is 35.5. The number of rotatable bonds is 8. The molecule has 0 saturated carbocycles. The van der Waals surface area contributed by atoms with Gasteiger partial charge in [-0.05, 0) is 66.9 Å². The number of hydrogen-bond donors (Lipinski definition) is 0. The molecule has 0 amide bonds. The SMILES string of the molecule is COc1ccc(SC(CC(=O)c2ccc(C)c(C)c2)c2ccc(Cl)cc2)cc1OC. The number of benzene rings is 3. The maximum Gasteiger partial charge on any atom is 0.164 e. The van der Waals surface area contributed by atoms with Gasteiger partial charge in [0.25, 0.3) is 0 Å². The molecule has 30 heavy (non-hydrogen) atoms. The van der Waals surface area contributed by atoms with Crippen LogP contribution in [0.5, 0.6) is 11.5 Å². The van der Waals surface area contributed by atoms with Gasteiger partial charge in [-0.1, -0.05) is 35.9 Å². The predicted octanol–water partition coefficient (Wildman–Crippen LogP) is 7.08. The van der Waals surface area contributed by atoms with E-state index in [1.807, 2.05) is 74.5 Å². The Bertz CT molecular complexity index is 1030. The van der Waals surface area contributed by atoms with Crippen molar-refractivity contribution in [3.05, 3.63) is 87.9 Å². The Morgan fingerprint density at radius 1 is 0.900 bits per heavy atom. The van der Waals surface area contributed by atoms with E-state index in [0.29, 0.717) is 22.9 Å². The molecule has 0 aliphatic rings. The molecule has 3 aromatic carbocycles. The number of carbonyl (C=O) groups is 1. The van der Waals surface area contributed by atoms with Gasteiger partial charge in [0.2, 0.25) is 0 Å². The Kier molecular flexibility index (Phi) is 7.46. The third kappa shape index (κ3) is 5.38. The topological polar surface area (TPSA) is 35.5 Å². The van der Waals surface area contributed by atoms with E-state index in [0.717, 1.165) is 21.6 Å². The second kappa shape index (κ2) is 10.1. The van der Waals surface area contributed by atoms with Gasteiger partial charge in [-0.3, -0.25) is 4.79 Å². The van der Waals surface area contributed by atoms with Crippen LogP contribution in [0.4, 0.5) is 0 Å². The molecular weight excluding hydrogens is 416 g/mol. The predicted molar refractivity (Wildman–Crippen MR) is 124 cm³/mol. The molecule has 3 rings (SSSR count). The van der Waals surface area contributed by atoms with Crippen molar-refractivity contribution in [3.8, 4) is 11.5 Å². The van der Waals surface area contributed by atoms with E-state index < -0.39 is 0 Å². The van der Waals surface area contributed by atoms with Crippen molar-refractivity contribution in [2.24, 2.45) is 0 Å². The number of ketones is 1. The van der Waals surface area contributed by atoms with Gasteiger partial charge in [-0.15, -0.1) is 11.8 Å². The van der Waals surface area contributed by atoms with Gasteiger partial charge in [0.05, 0.1) is 14.2 Å². The number of halogens is 1. The Balaban J connectivity index is 1.89. The third-order valence-corrected chi connectivity index (χ3v) is 6.58. The molecule has 3 nitrogen and oxygen atoms in total. The van der Waals surface area contributed by atoms with Crippen LogP contribution in [-0.2, 0) is 0 Å². The van der Waals surface area contributed by atoms with Crippen molar-refractivity contribution >= 4 is 29.1 Å². The van der Waals surface area contributed by atoms with Crippen LogP contribution in [0.25, 0.3) is 0 Å². The van der Waals surface area contributed by atoms with Crippen LogP contribution in [0.2, 0.25) is 5.02 Å². The smallest absolute Gasteiger partial charge is 0.164 e. The first-order valence-corrected chi connectivity index (χ1v) is 10.9. The van der Waals surface area contributed by atoms with Crippen molar-refractivity contribution in [1.29, 1.82) is 0 Å². The lowest BCUT2D eigenvalue weighted by atomic mass is 9.99. The lowest BCUT2D eigenvalue weighted by Crippen LogP contribution is -2.06. The highest BCUT2D eigenvalue weighted by Gasteiger charge is 2.20. The summed E-state index contributed by atoms with van der Waals surface area (Å²) in [6.07, 6.45) is 0.378. The molecule has 1 atom stereocenters. The second-order valence-electron chi connectivity index (χ2n) is 7.10.